The summed E-state index contributed by atoms with van der Waals surface area (Å²) in [6.45, 7) is 1.75. The highest BCUT2D eigenvalue weighted by atomic mass is 32.1. The fourth-order valence-corrected chi connectivity index (χ4v) is 4.72. The molecule has 8 heteroatoms. The van der Waals surface area contributed by atoms with Gasteiger partial charge in [0, 0.05) is 4.88 Å². The highest BCUT2D eigenvalue weighted by Gasteiger charge is 2.23. The topological polar surface area (TPSA) is 70.7 Å². The maximum atomic E-state index is 13.0. The quantitative estimate of drug-likeness (QED) is 0.555. The molecule has 5 rings (SSSR count). The molecule has 0 spiro atoms. The molecule has 1 aromatic carbocycles. The molecule has 26 heavy (non-hydrogen) atoms. The minimum atomic E-state index is -0.180. The van der Waals surface area contributed by atoms with Crippen molar-refractivity contribution in [1.29, 1.82) is 0 Å². The molecule has 0 N–H and O–H groups in total. The van der Waals surface area contributed by atoms with Crippen molar-refractivity contribution in [2.45, 2.75) is 19.6 Å². The van der Waals surface area contributed by atoms with E-state index in [1.54, 1.807) is 23.0 Å². The van der Waals surface area contributed by atoms with Gasteiger partial charge in [-0.15, -0.1) is 11.3 Å². The lowest BCUT2D eigenvalue weighted by atomic mass is 10.1. The van der Waals surface area contributed by atoms with Gasteiger partial charge in [-0.1, -0.05) is 12.1 Å². The molecular weight excluding hydrogens is 352 g/mol. The lowest BCUT2D eigenvalue weighted by Crippen LogP contribution is -2.28. The fraction of sp³-hybridized carbons (Fsp3) is 0.278. The smallest absolute Gasteiger partial charge is 0.352 e. The minimum absolute atomic E-state index is 0.180. The van der Waals surface area contributed by atoms with Crippen molar-refractivity contribution < 1.29 is 9.47 Å². The molecule has 0 fully saturated rings. The van der Waals surface area contributed by atoms with E-state index in [0.717, 1.165) is 28.0 Å². The zero-order valence-electron chi connectivity index (χ0n) is 14.1. The second-order valence-electron chi connectivity index (χ2n) is 6.20. The molecule has 0 saturated heterocycles. The number of aromatic nitrogens is 4. The molecule has 0 aliphatic carbocycles. The van der Waals surface area contributed by atoms with Gasteiger partial charge < -0.3 is 9.47 Å². The third-order valence-electron chi connectivity index (χ3n) is 4.73. The maximum absolute atomic E-state index is 13.0. The molecular formula is C18H16N4O3S. The van der Waals surface area contributed by atoms with Gasteiger partial charge in [-0.2, -0.15) is 9.61 Å². The largest absolute Gasteiger partial charge is 0.497 e. The van der Waals surface area contributed by atoms with Crippen molar-refractivity contribution in [1.82, 2.24) is 19.2 Å². The van der Waals surface area contributed by atoms with Crippen molar-refractivity contribution in [3.8, 4) is 5.75 Å². The van der Waals surface area contributed by atoms with Crippen LogP contribution in [0.3, 0.4) is 0 Å². The summed E-state index contributed by atoms with van der Waals surface area (Å²) < 4.78 is 14.0. The van der Waals surface area contributed by atoms with Crippen molar-refractivity contribution in [2.24, 2.45) is 0 Å². The van der Waals surface area contributed by atoms with E-state index in [1.165, 1.54) is 21.3 Å². The van der Waals surface area contributed by atoms with E-state index in [1.807, 2.05) is 24.3 Å². The molecule has 4 heterocycles. The van der Waals surface area contributed by atoms with E-state index in [4.69, 9.17) is 9.47 Å². The molecule has 0 unspecified atom stereocenters. The van der Waals surface area contributed by atoms with E-state index < -0.39 is 0 Å². The summed E-state index contributed by atoms with van der Waals surface area (Å²) in [7, 11) is 1.64. The second-order valence-corrected chi connectivity index (χ2v) is 7.28. The van der Waals surface area contributed by atoms with Crippen LogP contribution in [0.1, 0.15) is 16.0 Å². The molecule has 0 saturated carbocycles. The van der Waals surface area contributed by atoms with Gasteiger partial charge in [-0.05, 0) is 29.7 Å². The van der Waals surface area contributed by atoms with Crippen LogP contribution in [-0.4, -0.2) is 32.9 Å². The van der Waals surface area contributed by atoms with Crippen molar-refractivity contribution in [2.75, 3.05) is 13.7 Å². The Morgan fingerprint density at radius 3 is 2.96 bits per heavy atom. The van der Waals surface area contributed by atoms with Crippen LogP contribution in [0.25, 0.3) is 15.9 Å². The molecule has 0 amide bonds. The third-order valence-corrected chi connectivity index (χ3v) is 5.96. The van der Waals surface area contributed by atoms with Crippen LogP contribution in [0, 0.1) is 0 Å². The SMILES string of the molecule is COc1ccc(Cn2c(=O)n3ncnc3c3c4c(sc32)COCC4)cc1. The summed E-state index contributed by atoms with van der Waals surface area (Å²) in [5, 5.41) is 5.18. The number of nitrogens with zero attached hydrogens (tertiary/aromatic N) is 4. The summed E-state index contributed by atoms with van der Waals surface area (Å²) in [6.07, 6.45) is 2.27. The number of methoxy groups -OCH3 is 1. The maximum Gasteiger partial charge on any atom is 0.352 e. The van der Waals surface area contributed by atoms with Crippen LogP contribution in [0.2, 0.25) is 0 Å². The normalized spacial score (nSPS) is 14.0. The molecule has 132 valence electrons. The molecule has 0 atom stereocenters. The van der Waals surface area contributed by atoms with Gasteiger partial charge in [0.1, 0.15) is 16.9 Å². The lowest BCUT2D eigenvalue weighted by Gasteiger charge is -2.12. The minimum Gasteiger partial charge on any atom is -0.497 e. The number of hydrogen-bond donors (Lipinski definition) is 0. The number of rotatable bonds is 3. The Bertz CT molecular complexity index is 1170. The van der Waals surface area contributed by atoms with Crippen LogP contribution in [0.4, 0.5) is 0 Å². The third kappa shape index (κ3) is 2.26. The first-order valence-corrected chi connectivity index (χ1v) is 9.15. The standard InChI is InChI=1S/C18H16N4O3S/c1-24-12-4-2-11(3-5-12)8-21-17-15(13-6-7-25-9-14(13)26-17)16-19-10-20-22(16)18(21)23/h2-5,10H,6-9H2,1H3. The monoisotopic (exact) mass is 368 g/mol. The van der Waals surface area contributed by atoms with E-state index in [0.29, 0.717) is 25.4 Å². The van der Waals surface area contributed by atoms with E-state index >= 15 is 0 Å². The summed E-state index contributed by atoms with van der Waals surface area (Å²) in [6, 6.07) is 7.75. The fourth-order valence-electron chi connectivity index (χ4n) is 3.44. The second kappa shape index (κ2) is 5.93. The summed E-state index contributed by atoms with van der Waals surface area (Å²) in [5.41, 5.74) is 2.71. The zero-order valence-corrected chi connectivity index (χ0v) is 15.0. The summed E-state index contributed by atoms with van der Waals surface area (Å²) in [4.78, 5) is 19.5. The first-order chi connectivity index (χ1) is 12.8. The molecule has 0 radical (unpaired) electrons. The van der Waals surface area contributed by atoms with Gasteiger partial charge in [-0.25, -0.2) is 9.78 Å². The Kier molecular flexibility index (Phi) is 3.54. The number of fused-ring (bicyclic) bond motifs is 5. The van der Waals surface area contributed by atoms with Gasteiger partial charge in [0.25, 0.3) is 0 Å². The molecule has 3 aromatic heterocycles. The highest BCUT2D eigenvalue weighted by molar-refractivity contribution is 7.19. The number of thiophene rings is 1. The van der Waals surface area contributed by atoms with E-state index in [-0.39, 0.29) is 5.69 Å². The molecule has 7 nitrogen and oxygen atoms in total. The van der Waals surface area contributed by atoms with E-state index in [9.17, 15) is 4.79 Å². The lowest BCUT2D eigenvalue weighted by molar-refractivity contribution is 0.114. The average Bonchev–Trinajstić information content (AvgIpc) is 3.30. The zero-order chi connectivity index (χ0) is 17.7. The predicted molar refractivity (Wildman–Crippen MR) is 98.1 cm³/mol. The molecule has 1 aliphatic rings. The van der Waals surface area contributed by atoms with Gasteiger partial charge >= 0.3 is 5.69 Å². The van der Waals surface area contributed by atoms with Gasteiger partial charge in [0.15, 0.2) is 5.65 Å². The number of benzene rings is 1. The van der Waals surface area contributed by atoms with Crippen LogP contribution in [0.5, 0.6) is 5.75 Å². The van der Waals surface area contributed by atoms with Gasteiger partial charge in [-0.3, -0.25) is 4.57 Å². The summed E-state index contributed by atoms with van der Waals surface area (Å²) >= 11 is 1.62. The number of ether oxygens (including phenoxy) is 2. The Labute approximate surface area is 152 Å². The van der Waals surface area contributed by atoms with Gasteiger partial charge in [0.2, 0.25) is 0 Å². The molecule has 0 bridgehead atoms. The van der Waals surface area contributed by atoms with Crippen molar-refractivity contribution in [3.05, 3.63) is 57.1 Å². The van der Waals surface area contributed by atoms with Crippen molar-refractivity contribution in [3.63, 3.8) is 0 Å². The highest BCUT2D eigenvalue weighted by Crippen LogP contribution is 2.35. The Morgan fingerprint density at radius 2 is 2.15 bits per heavy atom. The van der Waals surface area contributed by atoms with Crippen molar-refractivity contribution >= 4 is 27.2 Å². The van der Waals surface area contributed by atoms with Crippen LogP contribution in [0.15, 0.2) is 35.4 Å². The average molecular weight is 368 g/mol. The van der Waals surface area contributed by atoms with Crippen LogP contribution < -0.4 is 10.4 Å². The molecule has 1 aliphatic heterocycles. The Hall–Kier alpha value is -2.71. The first kappa shape index (κ1) is 15.5. The number of hydrogen-bond acceptors (Lipinski definition) is 6. The summed E-state index contributed by atoms with van der Waals surface area (Å²) in [5.74, 6) is 0.793. The Balaban J connectivity index is 1.75. The molecule has 4 aromatic rings. The predicted octanol–water partition coefficient (Wildman–Crippen LogP) is 2.24. The Morgan fingerprint density at radius 1 is 1.31 bits per heavy atom. The van der Waals surface area contributed by atoms with Crippen LogP contribution in [-0.2, 0) is 24.3 Å². The van der Waals surface area contributed by atoms with Crippen LogP contribution >= 0.6 is 11.3 Å². The first-order valence-electron chi connectivity index (χ1n) is 8.33. The van der Waals surface area contributed by atoms with E-state index in [2.05, 4.69) is 10.1 Å². The van der Waals surface area contributed by atoms with Gasteiger partial charge in [0.05, 0.1) is 32.3 Å².